The second kappa shape index (κ2) is 6.52. The van der Waals surface area contributed by atoms with E-state index in [1.165, 1.54) is 0 Å². The van der Waals surface area contributed by atoms with Gasteiger partial charge in [0.1, 0.15) is 18.2 Å². The molecule has 0 aliphatic carbocycles. The Morgan fingerprint density at radius 2 is 2.11 bits per heavy atom. The van der Waals surface area contributed by atoms with Gasteiger partial charge in [-0.3, -0.25) is 0 Å². The predicted octanol–water partition coefficient (Wildman–Crippen LogP) is 3.56. The molecule has 0 spiro atoms. The third-order valence-electron chi connectivity index (χ3n) is 2.42. The van der Waals surface area contributed by atoms with Crippen LogP contribution >= 0.6 is 15.9 Å². The minimum Gasteiger partial charge on any atom is -0.486 e. The van der Waals surface area contributed by atoms with Crippen molar-refractivity contribution in [3.63, 3.8) is 0 Å². The van der Waals surface area contributed by atoms with Crippen LogP contribution in [0.3, 0.4) is 0 Å². The Balaban J connectivity index is 2.06. The zero-order valence-electron chi connectivity index (χ0n) is 11.0. The van der Waals surface area contributed by atoms with Gasteiger partial charge < -0.3 is 10.1 Å². The summed E-state index contributed by atoms with van der Waals surface area (Å²) < 4.78 is 6.67. The van der Waals surface area contributed by atoms with Crippen molar-refractivity contribution >= 4 is 21.7 Å². The third kappa shape index (κ3) is 4.21. The van der Waals surface area contributed by atoms with E-state index < -0.39 is 0 Å². The van der Waals surface area contributed by atoms with Crippen LogP contribution in [-0.2, 0) is 6.61 Å². The van der Waals surface area contributed by atoms with Crippen LogP contribution in [0.2, 0.25) is 0 Å². The lowest BCUT2D eigenvalue weighted by molar-refractivity contribution is 0.295. The largest absolute Gasteiger partial charge is 0.486 e. The molecule has 19 heavy (non-hydrogen) atoms. The molecule has 1 aromatic carbocycles. The number of anilines is 1. The Morgan fingerprint density at radius 1 is 1.26 bits per heavy atom. The summed E-state index contributed by atoms with van der Waals surface area (Å²) in [4.78, 5) is 8.77. The van der Waals surface area contributed by atoms with Crippen molar-refractivity contribution in [2.75, 3.05) is 11.9 Å². The van der Waals surface area contributed by atoms with Crippen molar-refractivity contribution in [2.45, 2.75) is 20.5 Å². The Kier molecular flexibility index (Phi) is 4.74. The normalized spacial score (nSPS) is 10.3. The van der Waals surface area contributed by atoms with Crippen molar-refractivity contribution in [1.82, 2.24) is 9.97 Å². The molecular weight excluding hydrogens is 306 g/mol. The van der Waals surface area contributed by atoms with Crippen LogP contribution in [0.5, 0.6) is 5.75 Å². The number of nitrogens with zero attached hydrogens (tertiary/aromatic N) is 2. The Labute approximate surface area is 121 Å². The quantitative estimate of drug-likeness (QED) is 0.914. The number of rotatable bonds is 5. The molecule has 0 aliphatic heterocycles. The molecule has 2 aromatic rings. The first-order valence-corrected chi connectivity index (χ1v) is 6.93. The van der Waals surface area contributed by atoms with Gasteiger partial charge in [0.2, 0.25) is 0 Å². The summed E-state index contributed by atoms with van der Waals surface area (Å²) in [6.07, 6.45) is 0. The van der Waals surface area contributed by atoms with Crippen molar-refractivity contribution in [3.8, 4) is 5.75 Å². The van der Waals surface area contributed by atoms with Gasteiger partial charge in [-0.05, 0) is 32.0 Å². The summed E-state index contributed by atoms with van der Waals surface area (Å²) in [5.74, 6) is 2.31. The summed E-state index contributed by atoms with van der Waals surface area (Å²) in [7, 11) is 0. The number of benzene rings is 1. The van der Waals surface area contributed by atoms with Crippen molar-refractivity contribution in [1.29, 1.82) is 0 Å². The molecule has 100 valence electrons. The van der Waals surface area contributed by atoms with Crippen molar-refractivity contribution in [2.24, 2.45) is 0 Å². The predicted molar refractivity (Wildman–Crippen MR) is 79.4 cm³/mol. The molecule has 5 heteroatoms. The minimum absolute atomic E-state index is 0.358. The smallest absolute Gasteiger partial charge is 0.168 e. The molecule has 0 amide bonds. The van der Waals surface area contributed by atoms with Crippen LogP contribution in [0.1, 0.15) is 18.4 Å². The van der Waals surface area contributed by atoms with Crippen LogP contribution in [0.4, 0.5) is 5.82 Å². The first-order valence-electron chi connectivity index (χ1n) is 6.14. The highest BCUT2D eigenvalue weighted by Crippen LogP contribution is 2.18. The van der Waals surface area contributed by atoms with Gasteiger partial charge in [-0.2, -0.15) is 0 Å². The number of ether oxygens (including phenoxy) is 1. The SMILES string of the molecule is CCNc1cc(C)nc(COc2cccc(Br)c2)n1. The first kappa shape index (κ1) is 13.8. The maximum Gasteiger partial charge on any atom is 0.168 e. The minimum atomic E-state index is 0.358. The molecule has 0 atom stereocenters. The average molecular weight is 322 g/mol. The fraction of sp³-hybridized carbons (Fsp3) is 0.286. The van der Waals surface area contributed by atoms with Crippen LogP contribution in [0.25, 0.3) is 0 Å². The fourth-order valence-corrected chi connectivity index (χ4v) is 2.05. The molecule has 0 saturated carbocycles. The summed E-state index contributed by atoms with van der Waals surface area (Å²) in [5, 5.41) is 3.18. The van der Waals surface area contributed by atoms with Gasteiger partial charge in [0.25, 0.3) is 0 Å². The monoisotopic (exact) mass is 321 g/mol. The summed E-state index contributed by atoms with van der Waals surface area (Å²) in [6, 6.07) is 9.64. The molecule has 4 nitrogen and oxygen atoms in total. The van der Waals surface area contributed by atoms with Crippen LogP contribution in [0, 0.1) is 6.92 Å². The lowest BCUT2D eigenvalue weighted by Crippen LogP contribution is -2.07. The molecular formula is C14H16BrN3O. The van der Waals surface area contributed by atoms with E-state index in [0.717, 1.165) is 28.3 Å². The fourth-order valence-electron chi connectivity index (χ4n) is 1.67. The molecule has 0 aliphatic rings. The molecule has 2 rings (SSSR count). The lowest BCUT2D eigenvalue weighted by atomic mass is 10.3. The molecule has 0 unspecified atom stereocenters. The number of hydrogen-bond acceptors (Lipinski definition) is 4. The second-order valence-electron chi connectivity index (χ2n) is 4.09. The highest BCUT2D eigenvalue weighted by atomic mass is 79.9. The van der Waals surface area contributed by atoms with Gasteiger partial charge in [0.05, 0.1) is 0 Å². The Hall–Kier alpha value is -1.62. The van der Waals surface area contributed by atoms with E-state index in [2.05, 4.69) is 31.2 Å². The second-order valence-corrected chi connectivity index (χ2v) is 5.00. The Morgan fingerprint density at radius 3 is 2.84 bits per heavy atom. The van der Waals surface area contributed by atoms with Gasteiger partial charge in [-0.25, -0.2) is 9.97 Å². The zero-order chi connectivity index (χ0) is 13.7. The third-order valence-corrected chi connectivity index (χ3v) is 2.92. The lowest BCUT2D eigenvalue weighted by Gasteiger charge is -2.08. The van der Waals surface area contributed by atoms with E-state index in [-0.39, 0.29) is 0 Å². The maximum absolute atomic E-state index is 5.68. The van der Waals surface area contributed by atoms with Crippen LogP contribution in [-0.4, -0.2) is 16.5 Å². The number of halogens is 1. The van der Waals surface area contributed by atoms with Gasteiger partial charge in [0.15, 0.2) is 5.82 Å². The van der Waals surface area contributed by atoms with E-state index in [9.17, 15) is 0 Å². The summed E-state index contributed by atoms with van der Waals surface area (Å²) in [5.41, 5.74) is 0.929. The Bertz CT molecular complexity index is 560. The molecule has 0 bridgehead atoms. The number of aryl methyl sites for hydroxylation is 1. The first-order chi connectivity index (χ1) is 9.17. The van der Waals surface area contributed by atoms with Gasteiger partial charge in [-0.1, -0.05) is 22.0 Å². The van der Waals surface area contributed by atoms with Gasteiger partial charge >= 0.3 is 0 Å². The molecule has 1 aromatic heterocycles. The van der Waals surface area contributed by atoms with Gasteiger partial charge in [0, 0.05) is 22.8 Å². The molecule has 0 radical (unpaired) electrons. The highest BCUT2D eigenvalue weighted by molar-refractivity contribution is 9.10. The number of aromatic nitrogens is 2. The highest BCUT2D eigenvalue weighted by Gasteiger charge is 2.03. The van der Waals surface area contributed by atoms with E-state index in [1.807, 2.05) is 44.2 Å². The van der Waals surface area contributed by atoms with Crippen LogP contribution < -0.4 is 10.1 Å². The molecule has 1 heterocycles. The van der Waals surface area contributed by atoms with E-state index in [4.69, 9.17) is 4.74 Å². The molecule has 0 fully saturated rings. The maximum atomic E-state index is 5.68. The van der Waals surface area contributed by atoms with Crippen molar-refractivity contribution < 1.29 is 4.74 Å². The van der Waals surface area contributed by atoms with E-state index >= 15 is 0 Å². The van der Waals surface area contributed by atoms with Crippen LogP contribution in [0.15, 0.2) is 34.8 Å². The number of nitrogens with one attached hydrogen (secondary N) is 1. The zero-order valence-corrected chi connectivity index (χ0v) is 12.6. The van der Waals surface area contributed by atoms with Crippen molar-refractivity contribution in [3.05, 3.63) is 46.3 Å². The topological polar surface area (TPSA) is 47.0 Å². The molecule has 1 N–H and O–H groups in total. The molecule has 0 saturated heterocycles. The number of hydrogen-bond donors (Lipinski definition) is 1. The average Bonchev–Trinajstić information content (AvgIpc) is 2.36. The van der Waals surface area contributed by atoms with E-state index in [0.29, 0.717) is 12.4 Å². The standard InChI is InChI=1S/C14H16BrN3O/c1-3-16-13-7-10(2)17-14(18-13)9-19-12-6-4-5-11(15)8-12/h4-8H,3,9H2,1-2H3,(H,16,17,18). The van der Waals surface area contributed by atoms with E-state index in [1.54, 1.807) is 0 Å². The summed E-state index contributed by atoms with van der Waals surface area (Å²) in [6.45, 7) is 5.18. The van der Waals surface area contributed by atoms with Gasteiger partial charge in [-0.15, -0.1) is 0 Å². The summed E-state index contributed by atoms with van der Waals surface area (Å²) >= 11 is 3.41.